The predicted molar refractivity (Wildman–Crippen MR) is 87.1 cm³/mol. The fraction of sp³-hybridized carbons (Fsp3) is 0.611. The lowest BCUT2D eigenvalue weighted by Gasteiger charge is -2.29. The Morgan fingerprint density at radius 2 is 2.00 bits per heavy atom. The van der Waals surface area contributed by atoms with Crippen LogP contribution in [0.4, 0.5) is 0 Å². The smallest absolute Gasteiger partial charge is 0.223 e. The number of rotatable bonds is 5. The molecular weight excluding hydrogens is 276 g/mol. The van der Waals surface area contributed by atoms with Crippen molar-refractivity contribution in [2.45, 2.75) is 64.1 Å². The van der Waals surface area contributed by atoms with Crippen LogP contribution >= 0.6 is 0 Å². The van der Waals surface area contributed by atoms with E-state index in [4.69, 9.17) is 4.74 Å². The topological polar surface area (TPSA) is 50.4 Å². The molecule has 1 aromatic carbocycles. The summed E-state index contributed by atoms with van der Waals surface area (Å²) in [7, 11) is 0. The van der Waals surface area contributed by atoms with Crippen molar-refractivity contribution in [3.05, 3.63) is 29.3 Å². The van der Waals surface area contributed by atoms with E-state index < -0.39 is 0 Å². The summed E-state index contributed by atoms with van der Waals surface area (Å²) >= 11 is 0. The summed E-state index contributed by atoms with van der Waals surface area (Å²) in [5.41, 5.74) is 2.29. The Kier molecular flexibility index (Phi) is 4.67. The summed E-state index contributed by atoms with van der Waals surface area (Å²) in [6, 6.07) is 7.70. The number of carbonyl (C=O) groups excluding carboxylic acids is 1. The normalized spacial score (nSPS) is 26.7. The number of fused-ring (bicyclic) bond motifs is 2. The van der Waals surface area contributed by atoms with Crippen molar-refractivity contribution < 1.29 is 9.53 Å². The van der Waals surface area contributed by atoms with Gasteiger partial charge in [0.2, 0.25) is 5.91 Å². The minimum absolute atomic E-state index is 0.108. The molecule has 2 N–H and O–H groups in total. The van der Waals surface area contributed by atoms with E-state index in [0.29, 0.717) is 31.2 Å². The second kappa shape index (κ2) is 6.69. The van der Waals surface area contributed by atoms with Crippen molar-refractivity contribution in [3.8, 4) is 5.75 Å². The number of hydrogen-bond acceptors (Lipinski definition) is 3. The predicted octanol–water partition coefficient (Wildman–Crippen LogP) is 2.47. The zero-order valence-electron chi connectivity index (χ0n) is 13.5. The molecule has 2 atom stereocenters. The molecule has 0 radical (unpaired) electrons. The van der Waals surface area contributed by atoms with E-state index in [2.05, 4.69) is 22.8 Å². The highest BCUT2D eigenvalue weighted by molar-refractivity contribution is 5.76. The molecule has 22 heavy (non-hydrogen) atoms. The van der Waals surface area contributed by atoms with Gasteiger partial charge in [-0.3, -0.25) is 4.79 Å². The highest BCUT2D eigenvalue weighted by Crippen LogP contribution is 2.26. The summed E-state index contributed by atoms with van der Waals surface area (Å²) in [4.78, 5) is 12.1. The van der Waals surface area contributed by atoms with Gasteiger partial charge in [0, 0.05) is 18.1 Å². The molecular formula is C18H26N2O2. The number of benzene rings is 1. The highest BCUT2D eigenvalue weighted by atomic mass is 16.5. The van der Waals surface area contributed by atoms with Gasteiger partial charge >= 0.3 is 0 Å². The molecule has 120 valence electrons. The molecule has 0 spiro atoms. The van der Waals surface area contributed by atoms with Gasteiger partial charge in [-0.15, -0.1) is 0 Å². The van der Waals surface area contributed by atoms with Gasteiger partial charge in [0.15, 0.2) is 0 Å². The maximum Gasteiger partial charge on any atom is 0.223 e. The summed E-state index contributed by atoms with van der Waals surface area (Å²) in [6.07, 6.45) is 5.08. The molecule has 3 rings (SSSR count). The highest BCUT2D eigenvalue weighted by Gasteiger charge is 2.33. The summed E-state index contributed by atoms with van der Waals surface area (Å²) in [6.45, 7) is 4.51. The number of nitrogens with one attached hydrogen (secondary N) is 2. The lowest BCUT2D eigenvalue weighted by atomic mass is 10.00. The Balaban J connectivity index is 1.42. The van der Waals surface area contributed by atoms with Crippen LogP contribution < -0.4 is 15.4 Å². The Bertz CT molecular complexity index is 532. The van der Waals surface area contributed by atoms with E-state index in [-0.39, 0.29) is 5.91 Å². The molecule has 2 bridgehead atoms. The van der Waals surface area contributed by atoms with Gasteiger partial charge in [-0.2, -0.15) is 0 Å². The van der Waals surface area contributed by atoms with Crippen molar-refractivity contribution >= 4 is 5.91 Å². The van der Waals surface area contributed by atoms with Gasteiger partial charge in [-0.05, 0) is 56.7 Å². The van der Waals surface area contributed by atoms with E-state index in [1.165, 1.54) is 18.4 Å². The molecule has 2 saturated heterocycles. The van der Waals surface area contributed by atoms with Crippen LogP contribution in [0.2, 0.25) is 0 Å². The lowest BCUT2D eigenvalue weighted by molar-refractivity contribution is -0.122. The Morgan fingerprint density at radius 1 is 1.27 bits per heavy atom. The number of piperidine rings is 1. The van der Waals surface area contributed by atoms with Gasteiger partial charge < -0.3 is 15.4 Å². The van der Waals surface area contributed by atoms with Crippen molar-refractivity contribution in [2.24, 2.45) is 0 Å². The first-order chi connectivity index (χ1) is 10.6. The van der Waals surface area contributed by atoms with Crippen LogP contribution in [-0.2, 0) is 4.79 Å². The van der Waals surface area contributed by atoms with Crippen LogP contribution in [0.25, 0.3) is 0 Å². The molecule has 2 heterocycles. The molecule has 2 unspecified atom stereocenters. The van der Waals surface area contributed by atoms with Gasteiger partial charge in [0.05, 0.1) is 13.0 Å². The first-order valence-corrected chi connectivity index (χ1v) is 8.35. The fourth-order valence-electron chi connectivity index (χ4n) is 3.59. The van der Waals surface area contributed by atoms with Crippen molar-refractivity contribution in [3.63, 3.8) is 0 Å². The second-order valence-corrected chi connectivity index (χ2v) is 6.74. The zero-order chi connectivity index (χ0) is 15.5. The number of aryl methyl sites for hydroxylation is 2. The zero-order valence-corrected chi connectivity index (χ0v) is 13.5. The molecule has 0 aliphatic carbocycles. The third-order valence-corrected chi connectivity index (χ3v) is 4.77. The molecule has 4 nitrogen and oxygen atoms in total. The number of carbonyl (C=O) groups is 1. The summed E-state index contributed by atoms with van der Waals surface area (Å²) in [5, 5.41) is 6.77. The van der Waals surface area contributed by atoms with Crippen LogP contribution in [0.3, 0.4) is 0 Å². The average Bonchev–Trinajstić information content (AvgIpc) is 2.81. The lowest BCUT2D eigenvalue weighted by Crippen LogP contribution is -2.48. The molecule has 1 aromatic rings. The van der Waals surface area contributed by atoms with Crippen LogP contribution in [0.1, 0.15) is 43.2 Å². The van der Waals surface area contributed by atoms with Crippen LogP contribution in [-0.4, -0.2) is 30.6 Å². The van der Waals surface area contributed by atoms with E-state index in [1.807, 2.05) is 19.9 Å². The molecule has 2 aliphatic heterocycles. The first kappa shape index (κ1) is 15.3. The van der Waals surface area contributed by atoms with E-state index in [0.717, 1.165) is 24.2 Å². The largest absolute Gasteiger partial charge is 0.493 e. The van der Waals surface area contributed by atoms with E-state index >= 15 is 0 Å². The first-order valence-electron chi connectivity index (χ1n) is 8.35. The molecule has 2 aliphatic rings. The number of hydrogen-bond donors (Lipinski definition) is 2. The monoisotopic (exact) mass is 302 g/mol. The number of ether oxygens (including phenoxy) is 1. The Hall–Kier alpha value is -1.55. The molecule has 1 amide bonds. The van der Waals surface area contributed by atoms with E-state index in [1.54, 1.807) is 0 Å². The maximum absolute atomic E-state index is 12.1. The average molecular weight is 302 g/mol. The van der Waals surface area contributed by atoms with E-state index in [9.17, 15) is 4.79 Å². The van der Waals surface area contributed by atoms with Crippen LogP contribution in [0.5, 0.6) is 5.75 Å². The van der Waals surface area contributed by atoms with Crippen LogP contribution in [0.15, 0.2) is 18.2 Å². The maximum atomic E-state index is 12.1. The van der Waals surface area contributed by atoms with Crippen molar-refractivity contribution in [1.29, 1.82) is 0 Å². The van der Waals surface area contributed by atoms with Gasteiger partial charge in [-0.1, -0.05) is 12.1 Å². The third-order valence-electron chi connectivity index (χ3n) is 4.77. The Labute approximate surface area is 132 Å². The molecule has 2 fully saturated rings. The third kappa shape index (κ3) is 3.80. The van der Waals surface area contributed by atoms with Crippen molar-refractivity contribution in [2.75, 3.05) is 6.61 Å². The van der Waals surface area contributed by atoms with Gasteiger partial charge in [-0.25, -0.2) is 0 Å². The standard InChI is InChI=1S/C18H26N2O2/c1-12-3-4-13(2)17(9-12)22-8-7-18(21)20-16-10-14-5-6-15(11-16)19-14/h3-4,9,14-16,19H,5-8,10-11H2,1-2H3,(H,20,21). The quantitative estimate of drug-likeness (QED) is 0.878. The molecule has 0 saturated carbocycles. The van der Waals surface area contributed by atoms with Crippen LogP contribution in [0, 0.1) is 13.8 Å². The molecule has 4 heteroatoms. The fourth-order valence-corrected chi connectivity index (χ4v) is 3.59. The van der Waals surface area contributed by atoms with Crippen molar-refractivity contribution in [1.82, 2.24) is 10.6 Å². The minimum atomic E-state index is 0.108. The molecule has 0 aromatic heterocycles. The minimum Gasteiger partial charge on any atom is -0.493 e. The van der Waals surface area contributed by atoms with Gasteiger partial charge in [0.1, 0.15) is 5.75 Å². The second-order valence-electron chi connectivity index (χ2n) is 6.74. The summed E-state index contributed by atoms with van der Waals surface area (Å²) < 4.78 is 5.76. The summed E-state index contributed by atoms with van der Waals surface area (Å²) in [5.74, 6) is 0.990. The SMILES string of the molecule is Cc1ccc(C)c(OCCC(=O)NC2CC3CCC(C2)N3)c1. The Morgan fingerprint density at radius 3 is 2.73 bits per heavy atom. The number of amides is 1. The van der Waals surface area contributed by atoms with Gasteiger partial charge in [0.25, 0.3) is 0 Å².